The molecule has 5 heteroatoms. The van der Waals surface area contributed by atoms with Crippen LogP contribution in [-0.2, 0) is 6.54 Å². The molecule has 1 saturated carbocycles. The highest BCUT2D eigenvalue weighted by molar-refractivity contribution is 5.94. The lowest BCUT2D eigenvalue weighted by Crippen LogP contribution is -2.31. The van der Waals surface area contributed by atoms with Crippen LogP contribution in [-0.4, -0.2) is 22.0 Å². The van der Waals surface area contributed by atoms with Gasteiger partial charge in [0.05, 0.1) is 12.0 Å². The average molecular weight is 325 g/mol. The predicted octanol–water partition coefficient (Wildman–Crippen LogP) is 2.64. The summed E-state index contributed by atoms with van der Waals surface area (Å²) in [5.74, 6) is 0.312. The second kappa shape index (κ2) is 7.43. The molecular formula is C19H23N3O2. The first-order chi connectivity index (χ1) is 11.6. The SMILES string of the molecule is Cc1ccc(C(=O)NCCn2cnc(C3CCCC3)cc2=O)cc1. The van der Waals surface area contributed by atoms with E-state index in [9.17, 15) is 9.59 Å². The normalized spacial score (nSPS) is 14.7. The summed E-state index contributed by atoms with van der Waals surface area (Å²) in [4.78, 5) is 28.7. The number of nitrogens with one attached hydrogen (secondary N) is 1. The summed E-state index contributed by atoms with van der Waals surface area (Å²) in [6.07, 6.45) is 6.31. The summed E-state index contributed by atoms with van der Waals surface area (Å²) in [5.41, 5.74) is 2.61. The number of hydrogen-bond acceptors (Lipinski definition) is 3. The zero-order valence-corrected chi connectivity index (χ0v) is 14.0. The summed E-state index contributed by atoms with van der Waals surface area (Å²) < 4.78 is 1.55. The molecule has 1 aromatic heterocycles. The molecule has 126 valence electrons. The van der Waals surface area contributed by atoms with Crippen LogP contribution in [0.25, 0.3) is 0 Å². The number of carbonyl (C=O) groups excluding carboxylic acids is 1. The first-order valence-corrected chi connectivity index (χ1v) is 8.55. The van der Waals surface area contributed by atoms with E-state index in [0.29, 0.717) is 24.6 Å². The maximum Gasteiger partial charge on any atom is 0.253 e. The number of rotatable bonds is 5. The molecule has 3 rings (SSSR count). The fourth-order valence-corrected chi connectivity index (χ4v) is 3.15. The fourth-order valence-electron chi connectivity index (χ4n) is 3.15. The Bertz CT molecular complexity index is 759. The number of carbonyl (C=O) groups is 1. The Morgan fingerprint density at radius 2 is 1.96 bits per heavy atom. The Hall–Kier alpha value is -2.43. The lowest BCUT2D eigenvalue weighted by atomic mass is 10.0. The number of aryl methyl sites for hydroxylation is 1. The van der Waals surface area contributed by atoms with E-state index in [1.807, 2.05) is 19.1 Å². The zero-order valence-electron chi connectivity index (χ0n) is 14.0. The topological polar surface area (TPSA) is 64.0 Å². The van der Waals surface area contributed by atoms with Crippen LogP contribution < -0.4 is 10.9 Å². The number of amides is 1. The molecule has 0 radical (unpaired) electrons. The average Bonchev–Trinajstić information content (AvgIpc) is 3.11. The van der Waals surface area contributed by atoms with Crippen LogP contribution in [0.1, 0.15) is 53.2 Å². The Balaban J connectivity index is 1.55. The van der Waals surface area contributed by atoms with Gasteiger partial charge in [-0.05, 0) is 31.9 Å². The van der Waals surface area contributed by atoms with E-state index in [1.165, 1.54) is 12.8 Å². The third-order valence-electron chi connectivity index (χ3n) is 4.63. The first kappa shape index (κ1) is 16.4. The summed E-state index contributed by atoms with van der Waals surface area (Å²) in [7, 11) is 0. The minimum atomic E-state index is -0.126. The summed E-state index contributed by atoms with van der Waals surface area (Å²) in [6, 6.07) is 9.07. The van der Waals surface area contributed by atoms with E-state index >= 15 is 0 Å². The largest absolute Gasteiger partial charge is 0.350 e. The highest BCUT2D eigenvalue weighted by atomic mass is 16.1. The van der Waals surface area contributed by atoms with Gasteiger partial charge in [0, 0.05) is 30.6 Å². The quantitative estimate of drug-likeness (QED) is 0.919. The van der Waals surface area contributed by atoms with Crippen molar-refractivity contribution in [3.05, 3.63) is 63.8 Å². The van der Waals surface area contributed by atoms with Gasteiger partial charge in [-0.3, -0.25) is 14.2 Å². The monoisotopic (exact) mass is 325 g/mol. The summed E-state index contributed by atoms with van der Waals surface area (Å²) in [5, 5.41) is 2.84. The van der Waals surface area contributed by atoms with Gasteiger partial charge in [0.15, 0.2) is 0 Å². The van der Waals surface area contributed by atoms with Crippen LogP contribution in [0.15, 0.2) is 41.5 Å². The highest BCUT2D eigenvalue weighted by Gasteiger charge is 2.18. The number of hydrogen-bond donors (Lipinski definition) is 1. The molecule has 0 spiro atoms. The third kappa shape index (κ3) is 3.91. The van der Waals surface area contributed by atoms with Crippen LogP contribution in [0.3, 0.4) is 0 Å². The molecule has 1 N–H and O–H groups in total. The van der Waals surface area contributed by atoms with Gasteiger partial charge in [0.1, 0.15) is 0 Å². The van der Waals surface area contributed by atoms with E-state index in [1.54, 1.807) is 29.1 Å². The Kier molecular flexibility index (Phi) is 5.08. The van der Waals surface area contributed by atoms with Gasteiger partial charge >= 0.3 is 0 Å². The lowest BCUT2D eigenvalue weighted by molar-refractivity contribution is 0.0952. The molecule has 5 nitrogen and oxygen atoms in total. The molecular weight excluding hydrogens is 302 g/mol. The maximum absolute atomic E-state index is 12.2. The van der Waals surface area contributed by atoms with Crippen molar-refractivity contribution in [2.75, 3.05) is 6.54 Å². The minimum Gasteiger partial charge on any atom is -0.350 e. The molecule has 1 aromatic carbocycles. The zero-order chi connectivity index (χ0) is 16.9. The lowest BCUT2D eigenvalue weighted by Gasteiger charge is -2.11. The summed E-state index contributed by atoms with van der Waals surface area (Å²) in [6.45, 7) is 2.81. The van der Waals surface area contributed by atoms with Crippen molar-refractivity contribution in [2.24, 2.45) is 0 Å². The van der Waals surface area contributed by atoms with Gasteiger partial charge < -0.3 is 5.32 Å². The van der Waals surface area contributed by atoms with Crippen LogP contribution in [0.2, 0.25) is 0 Å². The second-order valence-corrected chi connectivity index (χ2v) is 6.45. The van der Waals surface area contributed by atoms with Gasteiger partial charge in [-0.1, -0.05) is 30.5 Å². The first-order valence-electron chi connectivity index (χ1n) is 8.55. The van der Waals surface area contributed by atoms with Crippen LogP contribution >= 0.6 is 0 Å². The number of aromatic nitrogens is 2. The Labute approximate surface area is 141 Å². The van der Waals surface area contributed by atoms with E-state index < -0.39 is 0 Å². The van der Waals surface area contributed by atoms with Crippen molar-refractivity contribution in [3.63, 3.8) is 0 Å². The predicted molar refractivity (Wildman–Crippen MR) is 93.2 cm³/mol. The van der Waals surface area contributed by atoms with Crippen molar-refractivity contribution < 1.29 is 4.79 Å². The second-order valence-electron chi connectivity index (χ2n) is 6.45. The summed E-state index contributed by atoms with van der Waals surface area (Å²) >= 11 is 0. The minimum absolute atomic E-state index is 0.0449. The molecule has 1 heterocycles. The van der Waals surface area contributed by atoms with Crippen LogP contribution in [0.4, 0.5) is 0 Å². The smallest absolute Gasteiger partial charge is 0.253 e. The molecule has 24 heavy (non-hydrogen) atoms. The molecule has 0 aliphatic heterocycles. The van der Waals surface area contributed by atoms with Crippen molar-refractivity contribution in [3.8, 4) is 0 Å². The molecule has 1 aliphatic carbocycles. The molecule has 1 aliphatic rings. The molecule has 0 unspecified atom stereocenters. The number of nitrogens with zero attached hydrogens (tertiary/aromatic N) is 2. The molecule has 1 fully saturated rings. The third-order valence-corrected chi connectivity index (χ3v) is 4.63. The molecule has 2 aromatic rings. The van der Waals surface area contributed by atoms with Gasteiger partial charge in [-0.25, -0.2) is 4.98 Å². The van der Waals surface area contributed by atoms with E-state index in [2.05, 4.69) is 10.3 Å². The van der Waals surface area contributed by atoms with E-state index in [-0.39, 0.29) is 11.5 Å². The maximum atomic E-state index is 12.2. The Morgan fingerprint density at radius 3 is 2.62 bits per heavy atom. The van der Waals surface area contributed by atoms with Gasteiger partial charge in [-0.2, -0.15) is 0 Å². The molecule has 1 amide bonds. The molecule has 0 atom stereocenters. The van der Waals surface area contributed by atoms with Crippen LogP contribution in [0, 0.1) is 6.92 Å². The van der Waals surface area contributed by atoms with E-state index in [4.69, 9.17) is 0 Å². The van der Waals surface area contributed by atoms with Crippen molar-refractivity contribution in [2.45, 2.75) is 45.1 Å². The molecule has 0 bridgehead atoms. The highest BCUT2D eigenvalue weighted by Crippen LogP contribution is 2.32. The number of benzene rings is 1. The fraction of sp³-hybridized carbons (Fsp3) is 0.421. The van der Waals surface area contributed by atoms with E-state index in [0.717, 1.165) is 24.1 Å². The standard InChI is InChI=1S/C19H23N3O2/c1-14-6-8-16(9-7-14)19(24)20-10-11-22-13-21-17(12-18(22)23)15-4-2-3-5-15/h6-9,12-13,15H,2-5,10-11H2,1H3,(H,20,24). The Morgan fingerprint density at radius 1 is 1.25 bits per heavy atom. The molecule has 0 saturated heterocycles. The van der Waals surface area contributed by atoms with Crippen molar-refractivity contribution in [1.82, 2.24) is 14.9 Å². The van der Waals surface area contributed by atoms with Crippen molar-refractivity contribution >= 4 is 5.91 Å². The van der Waals surface area contributed by atoms with Crippen LogP contribution in [0.5, 0.6) is 0 Å². The van der Waals surface area contributed by atoms with Crippen molar-refractivity contribution in [1.29, 1.82) is 0 Å². The van der Waals surface area contributed by atoms with Gasteiger partial charge in [-0.15, -0.1) is 0 Å². The van der Waals surface area contributed by atoms with Gasteiger partial charge in [0.25, 0.3) is 11.5 Å². The van der Waals surface area contributed by atoms with Gasteiger partial charge in [0.2, 0.25) is 0 Å².